The molecule has 3 rings (SSSR count). The van der Waals surface area contributed by atoms with Crippen LogP contribution in [-0.2, 0) is 32.6 Å². The summed E-state index contributed by atoms with van der Waals surface area (Å²) in [7, 11) is -4.29. The Morgan fingerprint density at radius 3 is 2.28 bits per heavy atom. The van der Waals surface area contributed by atoms with Crippen LogP contribution >= 0.6 is 0 Å². The highest BCUT2D eigenvalue weighted by molar-refractivity contribution is 7.89. The van der Waals surface area contributed by atoms with E-state index >= 15 is 0 Å². The summed E-state index contributed by atoms with van der Waals surface area (Å²) in [6, 6.07) is 7.91. The summed E-state index contributed by atoms with van der Waals surface area (Å²) in [5.41, 5.74) is 8.39. The maximum atomic E-state index is 13.4. The summed E-state index contributed by atoms with van der Waals surface area (Å²) >= 11 is 0. The number of nitrogens with one attached hydrogen (secondary N) is 1. The summed E-state index contributed by atoms with van der Waals surface area (Å²) in [6.07, 6.45) is -3.18. The zero-order valence-corrected chi connectivity index (χ0v) is 23.2. The molecule has 1 atom stereocenters. The first-order valence-corrected chi connectivity index (χ1v) is 14.0. The van der Waals surface area contributed by atoms with Crippen molar-refractivity contribution in [1.82, 2.24) is 14.5 Å². The first-order chi connectivity index (χ1) is 18.3. The van der Waals surface area contributed by atoms with Crippen molar-refractivity contribution >= 4 is 27.5 Å². The summed E-state index contributed by atoms with van der Waals surface area (Å²) < 4.78 is 68.8. The number of carbonyl (C=O) groups excluding carboxylic acids is 2. The Balaban J connectivity index is 0.00000260. The molecule has 0 unspecified atom stereocenters. The molecule has 0 spiro atoms. The molecule has 0 aromatic heterocycles. The molecule has 1 fully saturated rings. The first-order valence-electron chi connectivity index (χ1n) is 12.6. The number of nitrogens with zero attached hydrogens (tertiary/aromatic N) is 2. The Morgan fingerprint density at radius 2 is 1.74 bits per heavy atom. The molecule has 39 heavy (non-hydrogen) atoms. The molecule has 2 aromatic carbocycles. The zero-order valence-electron chi connectivity index (χ0n) is 22.4. The highest BCUT2D eigenvalue weighted by atomic mass is 32.2. The highest BCUT2D eigenvalue weighted by Gasteiger charge is 2.41. The molecule has 1 heterocycles. The number of rotatable bonds is 8. The van der Waals surface area contributed by atoms with Crippen LogP contribution < -0.4 is 15.8 Å². The lowest BCUT2D eigenvalue weighted by molar-refractivity contribution is -0.274. The maximum Gasteiger partial charge on any atom is 0.573 e. The van der Waals surface area contributed by atoms with Crippen LogP contribution in [0.15, 0.2) is 47.4 Å². The van der Waals surface area contributed by atoms with Crippen LogP contribution in [0.4, 0.5) is 18.9 Å². The second-order valence-corrected chi connectivity index (χ2v) is 10.5. The monoisotopic (exact) mass is 572 g/mol. The van der Waals surface area contributed by atoms with E-state index in [9.17, 15) is 31.2 Å². The van der Waals surface area contributed by atoms with Crippen molar-refractivity contribution in [3.8, 4) is 5.75 Å². The molecule has 1 aliphatic rings. The molecular weight excluding hydrogens is 537 g/mol. The van der Waals surface area contributed by atoms with Gasteiger partial charge in [-0.1, -0.05) is 39.3 Å². The van der Waals surface area contributed by atoms with E-state index in [-0.39, 0.29) is 37.0 Å². The Kier molecular flexibility index (Phi) is 11.2. The molecule has 2 amide bonds. The van der Waals surface area contributed by atoms with E-state index in [0.717, 1.165) is 52.5 Å². The minimum Gasteiger partial charge on any atom is -0.406 e. The van der Waals surface area contributed by atoms with Gasteiger partial charge in [-0.05, 0) is 47.9 Å². The number of nitrogens with two attached hydrogens (primary N) is 1. The van der Waals surface area contributed by atoms with Gasteiger partial charge in [0.05, 0.1) is 4.90 Å². The molecule has 0 radical (unpaired) electrons. The fraction of sp³-hybridized carbons (Fsp3) is 0.462. The predicted octanol–water partition coefficient (Wildman–Crippen LogP) is 3.68. The van der Waals surface area contributed by atoms with Gasteiger partial charge in [0.1, 0.15) is 11.8 Å². The van der Waals surface area contributed by atoms with Gasteiger partial charge >= 0.3 is 6.36 Å². The van der Waals surface area contributed by atoms with Crippen LogP contribution in [0.3, 0.4) is 0 Å². The summed E-state index contributed by atoms with van der Waals surface area (Å²) in [5.74, 6) is -1.52. The van der Waals surface area contributed by atoms with Crippen molar-refractivity contribution in [3.63, 3.8) is 0 Å². The van der Waals surface area contributed by atoms with Crippen LogP contribution in [-0.4, -0.2) is 61.5 Å². The maximum absolute atomic E-state index is 13.4. The van der Waals surface area contributed by atoms with Gasteiger partial charge in [0.2, 0.25) is 21.8 Å². The third-order valence-corrected chi connectivity index (χ3v) is 7.86. The molecule has 0 saturated carbocycles. The lowest BCUT2D eigenvalue weighted by Gasteiger charge is -2.39. The van der Waals surface area contributed by atoms with Crippen molar-refractivity contribution in [2.24, 2.45) is 0 Å². The molecule has 0 aliphatic carbocycles. The average molecular weight is 573 g/mol. The quantitative estimate of drug-likeness (QED) is 0.466. The van der Waals surface area contributed by atoms with E-state index < -0.39 is 34.1 Å². The minimum atomic E-state index is -4.92. The van der Waals surface area contributed by atoms with Gasteiger partial charge < -0.3 is 20.7 Å². The fourth-order valence-corrected chi connectivity index (χ4v) is 5.63. The first kappa shape index (κ1) is 31.9. The van der Waals surface area contributed by atoms with Crippen LogP contribution in [0.5, 0.6) is 5.75 Å². The number of aryl methyl sites for hydroxylation is 1. The number of nitrogen functional groups attached to an aromatic ring is 1. The van der Waals surface area contributed by atoms with Crippen molar-refractivity contribution in [1.29, 1.82) is 0 Å². The van der Waals surface area contributed by atoms with Crippen LogP contribution in [0, 0.1) is 0 Å². The second kappa shape index (κ2) is 13.7. The number of ether oxygens (including phenoxy) is 1. The summed E-state index contributed by atoms with van der Waals surface area (Å²) in [5, 5.41) is 2.71. The molecule has 13 heteroatoms. The van der Waals surface area contributed by atoms with Gasteiger partial charge in [0.25, 0.3) is 0 Å². The Hall–Kier alpha value is -3.32. The molecule has 3 N–H and O–H groups in total. The van der Waals surface area contributed by atoms with Crippen LogP contribution in [0.25, 0.3) is 0 Å². The standard InChI is InChI=1S/C24H29F3N4O5S.C2H6/c1-3-4-18-6-5-17(13-21(18)28)14-29-23(33)22-15-30(16(2)32)11-12-31(22)37(34,35)20-9-7-19(8-10-20)36-24(25,26)27;1-2/h5-10,13,22H,3-4,11-12,14-15,28H2,1-2H3,(H,29,33);1-2H3/t22-;/m1./s1. The number of anilines is 1. The Labute approximate surface area is 227 Å². The molecule has 1 saturated heterocycles. The van der Waals surface area contributed by atoms with Crippen molar-refractivity contribution < 1.29 is 35.9 Å². The minimum absolute atomic E-state index is 0.0586. The van der Waals surface area contributed by atoms with Crippen LogP contribution in [0.2, 0.25) is 0 Å². The summed E-state index contributed by atoms with van der Waals surface area (Å²) in [6.45, 7) is 7.16. The molecule has 0 bridgehead atoms. The third kappa shape index (κ3) is 8.59. The number of sulfonamides is 1. The molecular formula is C26H35F3N4O5S. The van der Waals surface area contributed by atoms with Crippen LogP contribution in [0.1, 0.15) is 45.2 Å². The van der Waals surface area contributed by atoms with E-state index in [4.69, 9.17) is 5.73 Å². The number of benzene rings is 2. The number of alkyl halides is 3. The molecule has 1 aliphatic heterocycles. The number of piperazine rings is 1. The number of carbonyl (C=O) groups is 2. The van der Waals surface area contributed by atoms with E-state index in [0.29, 0.717) is 5.69 Å². The summed E-state index contributed by atoms with van der Waals surface area (Å²) in [4.78, 5) is 26.2. The van der Waals surface area contributed by atoms with E-state index in [1.807, 2.05) is 32.9 Å². The van der Waals surface area contributed by atoms with E-state index in [2.05, 4.69) is 10.1 Å². The molecule has 216 valence electrons. The largest absolute Gasteiger partial charge is 0.573 e. The van der Waals surface area contributed by atoms with Crippen molar-refractivity contribution in [3.05, 3.63) is 53.6 Å². The number of hydrogen-bond donors (Lipinski definition) is 2. The van der Waals surface area contributed by atoms with Gasteiger partial charge in [-0.3, -0.25) is 9.59 Å². The highest BCUT2D eigenvalue weighted by Crippen LogP contribution is 2.27. The molecule has 2 aromatic rings. The smallest absolute Gasteiger partial charge is 0.406 e. The van der Waals surface area contributed by atoms with Gasteiger partial charge in [0.15, 0.2) is 0 Å². The second-order valence-electron chi connectivity index (χ2n) is 8.62. The number of halogens is 3. The Bertz CT molecular complexity index is 1240. The number of hydrogen-bond acceptors (Lipinski definition) is 6. The SMILES string of the molecule is CC.CCCc1ccc(CNC(=O)[C@H]2CN(C(C)=O)CCN2S(=O)(=O)c2ccc(OC(F)(F)F)cc2)cc1N. The third-order valence-electron chi connectivity index (χ3n) is 5.94. The molecule has 9 nitrogen and oxygen atoms in total. The van der Waals surface area contributed by atoms with E-state index in [1.165, 1.54) is 11.8 Å². The predicted molar refractivity (Wildman–Crippen MR) is 141 cm³/mol. The average Bonchev–Trinajstić information content (AvgIpc) is 2.89. The van der Waals surface area contributed by atoms with Crippen molar-refractivity contribution in [2.45, 2.75) is 64.4 Å². The topological polar surface area (TPSA) is 122 Å². The Morgan fingerprint density at radius 1 is 1.10 bits per heavy atom. The zero-order chi connectivity index (χ0) is 29.4. The van der Waals surface area contributed by atoms with Gasteiger partial charge in [-0.25, -0.2) is 8.42 Å². The van der Waals surface area contributed by atoms with Gasteiger partial charge in [-0.2, -0.15) is 4.31 Å². The fourth-order valence-electron chi connectivity index (χ4n) is 4.06. The van der Waals surface area contributed by atoms with Gasteiger partial charge in [-0.15, -0.1) is 13.2 Å². The lowest BCUT2D eigenvalue weighted by Crippen LogP contribution is -2.61. The lowest BCUT2D eigenvalue weighted by atomic mass is 10.1. The number of amides is 2. The van der Waals surface area contributed by atoms with Crippen molar-refractivity contribution in [2.75, 3.05) is 25.4 Å². The normalized spacial score (nSPS) is 16.2. The van der Waals surface area contributed by atoms with E-state index in [1.54, 1.807) is 6.07 Å². The van der Waals surface area contributed by atoms with Gasteiger partial charge in [0, 0.05) is 38.8 Å².